The minimum absolute atomic E-state index is 0.00650. The average Bonchev–Trinajstić information content (AvgIpc) is 3.19. The van der Waals surface area contributed by atoms with Crippen molar-refractivity contribution < 1.29 is 9.90 Å². The smallest absolute Gasteiger partial charge is 0.255 e. The highest BCUT2D eigenvalue weighted by Gasteiger charge is 2.26. The Labute approximate surface area is 187 Å². The Morgan fingerprint density at radius 2 is 2.03 bits per heavy atom. The van der Waals surface area contributed by atoms with Gasteiger partial charge in [0.25, 0.3) is 5.91 Å². The largest absolute Gasteiger partial charge is 0.493 e. The van der Waals surface area contributed by atoms with Gasteiger partial charge in [0, 0.05) is 19.3 Å². The molecule has 4 rings (SSSR count). The normalized spacial score (nSPS) is 16.2. The van der Waals surface area contributed by atoms with Crippen LogP contribution < -0.4 is 0 Å². The number of carbonyl (C=O) groups is 1. The third-order valence-electron chi connectivity index (χ3n) is 6.29. The molecule has 32 heavy (non-hydrogen) atoms. The molecule has 7 nitrogen and oxygen atoms in total. The Balaban J connectivity index is 1.55. The molecule has 1 saturated heterocycles. The Kier molecular flexibility index (Phi) is 5.95. The highest BCUT2D eigenvalue weighted by atomic mass is 16.3. The molecule has 0 spiro atoms. The van der Waals surface area contributed by atoms with Gasteiger partial charge < -0.3 is 10.0 Å². The first-order valence-corrected chi connectivity index (χ1v) is 10.9. The van der Waals surface area contributed by atoms with Crippen LogP contribution in [0, 0.1) is 30.1 Å². The van der Waals surface area contributed by atoms with Gasteiger partial charge >= 0.3 is 0 Å². The number of aromatic hydroxyl groups is 1. The van der Waals surface area contributed by atoms with Crippen molar-refractivity contribution in [1.29, 1.82) is 5.26 Å². The van der Waals surface area contributed by atoms with Crippen LogP contribution in [-0.2, 0) is 0 Å². The molecule has 1 amide bonds. The molecule has 3 aromatic rings. The Morgan fingerprint density at radius 1 is 1.22 bits per heavy atom. The van der Waals surface area contributed by atoms with Crippen molar-refractivity contribution in [1.82, 2.24) is 19.7 Å². The molecule has 1 aliphatic heterocycles. The predicted octanol–water partition coefficient (Wildman–Crippen LogP) is 4.33. The lowest BCUT2D eigenvalue weighted by atomic mass is 9.88. The molecule has 1 aliphatic rings. The Morgan fingerprint density at radius 3 is 2.69 bits per heavy atom. The number of aromatic nitrogens is 3. The molecule has 0 radical (unpaired) electrons. The van der Waals surface area contributed by atoms with E-state index in [0.29, 0.717) is 34.3 Å². The number of amides is 1. The van der Waals surface area contributed by atoms with Crippen LogP contribution in [0.25, 0.3) is 16.9 Å². The number of piperidine rings is 1. The summed E-state index contributed by atoms with van der Waals surface area (Å²) in [4.78, 5) is 19.3. The number of nitriles is 1. The summed E-state index contributed by atoms with van der Waals surface area (Å²) in [6, 6.07) is 10.8. The van der Waals surface area contributed by atoms with E-state index in [1.807, 2.05) is 11.8 Å². The molecule has 1 atom stereocenters. The number of likely N-dealkylation sites (tertiary alicyclic amines) is 1. The first kappa shape index (κ1) is 21.6. The van der Waals surface area contributed by atoms with E-state index in [2.05, 4.69) is 30.0 Å². The fourth-order valence-electron chi connectivity index (χ4n) is 4.29. The van der Waals surface area contributed by atoms with E-state index in [1.54, 1.807) is 42.7 Å². The van der Waals surface area contributed by atoms with Crippen LogP contribution >= 0.6 is 0 Å². The summed E-state index contributed by atoms with van der Waals surface area (Å²) < 4.78 is 1.34. The number of rotatable bonds is 4. The number of hydrogen-bond donors (Lipinski definition) is 1. The summed E-state index contributed by atoms with van der Waals surface area (Å²) in [6.45, 7) is 7.86. The van der Waals surface area contributed by atoms with E-state index >= 15 is 0 Å². The van der Waals surface area contributed by atoms with Crippen molar-refractivity contribution in [3.8, 4) is 28.9 Å². The third-order valence-corrected chi connectivity index (χ3v) is 6.29. The molecular formula is C25H27N5O2. The van der Waals surface area contributed by atoms with E-state index in [0.717, 1.165) is 37.1 Å². The summed E-state index contributed by atoms with van der Waals surface area (Å²) in [6.07, 6.45) is 5.31. The molecule has 0 unspecified atom stereocenters. The van der Waals surface area contributed by atoms with Gasteiger partial charge in [-0.3, -0.25) is 4.79 Å². The quantitative estimate of drug-likeness (QED) is 0.666. The maximum atomic E-state index is 13.0. The van der Waals surface area contributed by atoms with Crippen LogP contribution in [0.5, 0.6) is 5.88 Å². The van der Waals surface area contributed by atoms with Gasteiger partial charge in [-0.1, -0.05) is 19.9 Å². The van der Waals surface area contributed by atoms with Gasteiger partial charge in [0.2, 0.25) is 5.88 Å². The zero-order valence-electron chi connectivity index (χ0n) is 18.6. The molecule has 164 valence electrons. The van der Waals surface area contributed by atoms with Crippen molar-refractivity contribution in [3.63, 3.8) is 0 Å². The van der Waals surface area contributed by atoms with Gasteiger partial charge in [-0.05, 0) is 67.0 Å². The molecule has 0 bridgehead atoms. The van der Waals surface area contributed by atoms with E-state index in [9.17, 15) is 9.90 Å². The zero-order valence-corrected chi connectivity index (χ0v) is 18.6. The van der Waals surface area contributed by atoms with Crippen LogP contribution in [0.1, 0.15) is 48.2 Å². The second-order valence-electron chi connectivity index (χ2n) is 8.74. The van der Waals surface area contributed by atoms with Crippen LogP contribution in [0.4, 0.5) is 0 Å². The van der Waals surface area contributed by atoms with Gasteiger partial charge in [-0.15, -0.1) is 0 Å². The molecular weight excluding hydrogens is 402 g/mol. The van der Waals surface area contributed by atoms with Crippen molar-refractivity contribution in [3.05, 3.63) is 59.4 Å². The lowest BCUT2D eigenvalue weighted by Gasteiger charge is -2.34. The standard InChI is InChI=1S/C25H27N5O2/c1-16(2)20-5-4-10-29(15-20)24(31)19-7-9-23(27-13-19)30-25(32)22(14-28-30)21-8-6-18(12-26)11-17(21)3/h6-9,11,13-14,16,20,32H,4-5,10,15H2,1-3H3/t20-/m1/s1. The minimum atomic E-state index is -0.0415. The molecule has 1 N–H and O–H groups in total. The van der Waals surface area contributed by atoms with Gasteiger partial charge in [0.1, 0.15) is 0 Å². The summed E-state index contributed by atoms with van der Waals surface area (Å²) in [5.74, 6) is 1.47. The number of pyridine rings is 1. The lowest BCUT2D eigenvalue weighted by molar-refractivity contribution is 0.0641. The molecule has 1 aromatic carbocycles. The summed E-state index contributed by atoms with van der Waals surface area (Å²) >= 11 is 0. The Hall–Kier alpha value is -3.66. The highest BCUT2D eigenvalue weighted by molar-refractivity contribution is 5.94. The fraction of sp³-hybridized carbons (Fsp3) is 0.360. The maximum absolute atomic E-state index is 13.0. The minimum Gasteiger partial charge on any atom is -0.493 e. The van der Waals surface area contributed by atoms with Gasteiger partial charge in [0.05, 0.1) is 29.0 Å². The zero-order chi connectivity index (χ0) is 22.8. The van der Waals surface area contributed by atoms with Gasteiger partial charge in [-0.25, -0.2) is 4.98 Å². The first-order valence-electron chi connectivity index (χ1n) is 10.9. The monoisotopic (exact) mass is 429 g/mol. The molecule has 0 aliphatic carbocycles. The average molecular weight is 430 g/mol. The van der Waals surface area contributed by atoms with Crippen molar-refractivity contribution in [2.75, 3.05) is 13.1 Å². The SMILES string of the molecule is Cc1cc(C#N)ccc1-c1cnn(-c2ccc(C(=O)N3CCC[C@@H](C(C)C)C3)cn2)c1O. The van der Waals surface area contributed by atoms with E-state index in [4.69, 9.17) is 5.26 Å². The lowest BCUT2D eigenvalue weighted by Crippen LogP contribution is -2.41. The molecule has 1 fully saturated rings. The van der Waals surface area contributed by atoms with Gasteiger partial charge in [0.15, 0.2) is 5.82 Å². The number of carbonyl (C=O) groups excluding carboxylic acids is 1. The molecule has 0 saturated carbocycles. The van der Waals surface area contributed by atoms with Crippen LogP contribution in [0.3, 0.4) is 0 Å². The number of nitrogens with zero attached hydrogens (tertiary/aromatic N) is 5. The summed E-state index contributed by atoms with van der Waals surface area (Å²) in [7, 11) is 0. The van der Waals surface area contributed by atoms with E-state index < -0.39 is 0 Å². The second-order valence-corrected chi connectivity index (χ2v) is 8.74. The van der Waals surface area contributed by atoms with Crippen molar-refractivity contribution >= 4 is 5.91 Å². The van der Waals surface area contributed by atoms with E-state index in [1.165, 1.54) is 4.68 Å². The van der Waals surface area contributed by atoms with Gasteiger partial charge in [-0.2, -0.15) is 15.0 Å². The van der Waals surface area contributed by atoms with E-state index in [-0.39, 0.29) is 11.8 Å². The summed E-state index contributed by atoms with van der Waals surface area (Å²) in [5, 5.41) is 24.1. The maximum Gasteiger partial charge on any atom is 0.255 e. The number of benzene rings is 1. The second kappa shape index (κ2) is 8.83. The number of aryl methyl sites for hydroxylation is 1. The summed E-state index contributed by atoms with van der Waals surface area (Å²) in [5.41, 5.74) is 3.32. The van der Waals surface area contributed by atoms with Crippen molar-refractivity contribution in [2.45, 2.75) is 33.6 Å². The first-order chi connectivity index (χ1) is 15.4. The van der Waals surface area contributed by atoms with Crippen LogP contribution in [0.15, 0.2) is 42.7 Å². The van der Waals surface area contributed by atoms with Crippen LogP contribution in [-0.4, -0.2) is 43.8 Å². The third kappa shape index (κ3) is 4.09. The number of hydrogen-bond acceptors (Lipinski definition) is 5. The topological polar surface area (TPSA) is 95.0 Å². The highest BCUT2D eigenvalue weighted by Crippen LogP contribution is 2.33. The molecule has 3 heterocycles. The fourth-order valence-corrected chi connectivity index (χ4v) is 4.29. The Bertz CT molecular complexity index is 1170. The van der Waals surface area contributed by atoms with Crippen LogP contribution in [0.2, 0.25) is 0 Å². The van der Waals surface area contributed by atoms with Crippen molar-refractivity contribution in [2.24, 2.45) is 11.8 Å². The predicted molar refractivity (Wildman–Crippen MR) is 121 cm³/mol. The molecule has 7 heteroatoms. The molecule has 2 aromatic heterocycles.